The van der Waals surface area contributed by atoms with Crippen LogP contribution in [0.25, 0.3) is 0 Å². The molecule has 0 aromatic carbocycles. The van der Waals surface area contributed by atoms with E-state index in [-0.39, 0.29) is 0 Å². The minimum atomic E-state index is 0.505. The first kappa shape index (κ1) is 12.1. The van der Waals surface area contributed by atoms with E-state index in [2.05, 4.69) is 57.2 Å². The lowest BCUT2D eigenvalue weighted by molar-refractivity contribution is 0.374. The van der Waals surface area contributed by atoms with E-state index >= 15 is 0 Å². The fraction of sp³-hybridized carbons (Fsp3) is 0.636. The van der Waals surface area contributed by atoms with Gasteiger partial charge in [0.2, 0.25) is 0 Å². The molecule has 0 radical (unpaired) electrons. The van der Waals surface area contributed by atoms with Crippen LogP contribution < -0.4 is 5.32 Å². The summed E-state index contributed by atoms with van der Waals surface area (Å²) in [5.41, 5.74) is 0. The van der Waals surface area contributed by atoms with Gasteiger partial charge in [0.25, 0.3) is 0 Å². The van der Waals surface area contributed by atoms with Crippen molar-refractivity contribution in [3.05, 3.63) is 19.2 Å². The lowest BCUT2D eigenvalue weighted by Crippen LogP contribution is -2.23. The predicted molar refractivity (Wildman–Crippen MR) is 73.4 cm³/mol. The third kappa shape index (κ3) is 2.65. The zero-order valence-electron chi connectivity index (χ0n) is 8.89. The minimum absolute atomic E-state index is 0.505. The first-order chi connectivity index (χ1) is 7.13. The Hall–Kier alpha value is 0.620. The van der Waals surface area contributed by atoms with Gasteiger partial charge >= 0.3 is 0 Å². The van der Waals surface area contributed by atoms with Gasteiger partial charge in [-0.15, -0.1) is 11.3 Å². The molecule has 2 atom stereocenters. The van der Waals surface area contributed by atoms with Crippen molar-refractivity contribution in [3.63, 3.8) is 0 Å². The fourth-order valence-corrected chi connectivity index (χ4v) is 4.39. The quantitative estimate of drug-likeness (QED) is 0.836. The molecular weight excluding hydrogens is 338 g/mol. The Morgan fingerprint density at radius 2 is 2.13 bits per heavy atom. The van der Waals surface area contributed by atoms with E-state index in [0.717, 1.165) is 11.8 Å². The Morgan fingerprint density at radius 1 is 1.47 bits per heavy atom. The summed E-state index contributed by atoms with van der Waals surface area (Å²) in [4.78, 5) is 1.43. The van der Waals surface area contributed by atoms with Crippen molar-refractivity contribution in [2.24, 2.45) is 11.8 Å². The van der Waals surface area contributed by atoms with Crippen LogP contribution in [0.2, 0.25) is 0 Å². The van der Waals surface area contributed by atoms with E-state index in [4.69, 9.17) is 0 Å². The van der Waals surface area contributed by atoms with E-state index in [1.54, 1.807) is 0 Å². The molecule has 1 N–H and O–H groups in total. The highest BCUT2D eigenvalue weighted by Crippen LogP contribution is 2.45. The molecule has 1 saturated carbocycles. The van der Waals surface area contributed by atoms with E-state index < -0.39 is 0 Å². The summed E-state index contributed by atoms with van der Waals surface area (Å²) in [6.07, 6.45) is 2.82. The number of thiophene rings is 1. The van der Waals surface area contributed by atoms with Crippen molar-refractivity contribution in [2.45, 2.75) is 25.8 Å². The number of hydrogen-bond acceptors (Lipinski definition) is 2. The van der Waals surface area contributed by atoms with Crippen molar-refractivity contribution >= 4 is 43.2 Å². The summed E-state index contributed by atoms with van der Waals surface area (Å²) in [6.45, 7) is 2.36. The molecule has 0 amide bonds. The first-order valence-electron chi connectivity index (χ1n) is 5.25. The van der Waals surface area contributed by atoms with Gasteiger partial charge < -0.3 is 5.32 Å². The molecule has 1 heterocycles. The summed E-state index contributed by atoms with van der Waals surface area (Å²) in [7, 11) is 2.06. The SMILES string of the molecule is CNC(c1cc(Br)c(Br)s1)C(C)C1CC1. The molecule has 0 aliphatic heterocycles. The molecule has 1 nitrogen and oxygen atoms in total. The smallest absolute Gasteiger partial charge is 0.0843 e. The summed E-state index contributed by atoms with van der Waals surface area (Å²) < 4.78 is 2.37. The third-order valence-electron chi connectivity index (χ3n) is 3.17. The fourth-order valence-electron chi connectivity index (χ4n) is 2.08. The summed E-state index contributed by atoms with van der Waals surface area (Å²) >= 11 is 8.94. The molecule has 15 heavy (non-hydrogen) atoms. The molecule has 1 aliphatic carbocycles. The molecule has 0 bridgehead atoms. The zero-order chi connectivity index (χ0) is 11.0. The van der Waals surface area contributed by atoms with Crippen LogP contribution in [0, 0.1) is 11.8 Å². The topological polar surface area (TPSA) is 12.0 Å². The third-order valence-corrected chi connectivity index (χ3v) is 6.51. The largest absolute Gasteiger partial charge is 0.312 e. The standard InChI is InChI=1S/C11H15Br2NS/c1-6(7-3-4-7)10(14-2)9-5-8(12)11(13)15-9/h5-7,10,14H,3-4H2,1-2H3. The lowest BCUT2D eigenvalue weighted by atomic mass is 9.95. The molecule has 0 spiro atoms. The molecule has 1 aromatic heterocycles. The Morgan fingerprint density at radius 3 is 2.53 bits per heavy atom. The Balaban J connectivity index is 2.17. The normalized spacial score (nSPS) is 20.3. The molecule has 1 fully saturated rings. The second-order valence-electron chi connectivity index (χ2n) is 4.23. The van der Waals surface area contributed by atoms with Crippen LogP contribution in [-0.2, 0) is 0 Å². The maximum atomic E-state index is 3.56. The van der Waals surface area contributed by atoms with Gasteiger partial charge in [0.05, 0.1) is 3.79 Å². The van der Waals surface area contributed by atoms with Gasteiger partial charge in [-0.25, -0.2) is 0 Å². The van der Waals surface area contributed by atoms with Gasteiger partial charge in [-0.1, -0.05) is 6.92 Å². The molecule has 2 unspecified atom stereocenters. The Bertz CT molecular complexity index is 327. The molecule has 84 valence electrons. The Kier molecular flexibility index (Phi) is 3.92. The lowest BCUT2D eigenvalue weighted by Gasteiger charge is -2.22. The van der Waals surface area contributed by atoms with Gasteiger partial charge in [-0.3, -0.25) is 0 Å². The Labute approximate surface area is 112 Å². The monoisotopic (exact) mass is 351 g/mol. The highest BCUT2D eigenvalue weighted by atomic mass is 79.9. The van der Waals surface area contributed by atoms with E-state index in [1.807, 2.05) is 11.3 Å². The molecule has 4 heteroatoms. The van der Waals surface area contributed by atoms with Crippen LogP contribution in [0.4, 0.5) is 0 Å². The summed E-state index contributed by atoms with van der Waals surface area (Å²) in [5, 5.41) is 3.45. The van der Waals surface area contributed by atoms with Crippen LogP contribution in [0.15, 0.2) is 14.3 Å². The maximum absolute atomic E-state index is 3.56. The van der Waals surface area contributed by atoms with Gasteiger partial charge in [0.15, 0.2) is 0 Å². The van der Waals surface area contributed by atoms with Crippen LogP contribution in [-0.4, -0.2) is 7.05 Å². The highest BCUT2D eigenvalue weighted by Gasteiger charge is 2.34. The van der Waals surface area contributed by atoms with Crippen LogP contribution >= 0.6 is 43.2 Å². The molecule has 1 aliphatic rings. The van der Waals surface area contributed by atoms with Crippen molar-refractivity contribution in [2.75, 3.05) is 7.05 Å². The summed E-state index contributed by atoms with van der Waals surface area (Å²) in [5.74, 6) is 1.68. The van der Waals surface area contributed by atoms with E-state index in [0.29, 0.717) is 6.04 Å². The minimum Gasteiger partial charge on any atom is -0.312 e. The molecular formula is C11H15Br2NS. The van der Waals surface area contributed by atoms with Gasteiger partial charge in [0, 0.05) is 15.4 Å². The summed E-state index contributed by atoms with van der Waals surface area (Å²) in [6, 6.07) is 2.74. The van der Waals surface area contributed by atoms with Crippen molar-refractivity contribution in [1.29, 1.82) is 0 Å². The number of hydrogen-bond donors (Lipinski definition) is 1. The van der Waals surface area contributed by atoms with Gasteiger partial charge in [-0.05, 0) is 69.7 Å². The van der Waals surface area contributed by atoms with E-state index in [1.165, 1.54) is 26.0 Å². The average Bonchev–Trinajstić information content (AvgIpc) is 2.97. The second kappa shape index (κ2) is 4.86. The van der Waals surface area contributed by atoms with Gasteiger partial charge in [-0.2, -0.15) is 0 Å². The number of halogens is 2. The number of rotatable bonds is 4. The van der Waals surface area contributed by atoms with Crippen molar-refractivity contribution in [3.8, 4) is 0 Å². The molecule has 0 saturated heterocycles. The van der Waals surface area contributed by atoms with Gasteiger partial charge in [0.1, 0.15) is 0 Å². The zero-order valence-corrected chi connectivity index (χ0v) is 12.9. The van der Waals surface area contributed by atoms with Crippen LogP contribution in [0.5, 0.6) is 0 Å². The van der Waals surface area contributed by atoms with E-state index in [9.17, 15) is 0 Å². The highest BCUT2D eigenvalue weighted by molar-refractivity contribution is 9.13. The second-order valence-corrected chi connectivity index (χ2v) is 7.49. The molecule has 2 rings (SSSR count). The molecule has 1 aromatic rings. The number of nitrogens with one attached hydrogen (secondary N) is 1. The van der Waals surface area contributed by atoms with Crippen molar-refractivity contribution in [1.82, 2.24) is 5.32 Å². The first-order valence-corrected chi connectivity index (χ1v) is 7.65. The van der Waals surface area contributed by atoms with Crippen LogP contribution in [0.3, 0.4) is 0 Å². The maximum Gasteiger partial charge on any atom is 0.0843 e. The van der Waals surface area contributed by atoms with Crippen LogP contribution in [0.1, 0.15) is 30.7 Å². The average molecular weight is 353 g/mol. The van der Waals surface area contributed by atoms with Crippen molar-refractivity contribution < 1.29 is 0 Å². The predicted octanol–water partition coefficient (Wildman–Crippen LogP) is 4.58.